The number of nitrogens with one attached hydrogen (secondary N) is 1. The van der Waals surface area contributed by atoms with Crippen molar-refractivity contribution in [2.75, 3.05) is 25.6 Å². The molecule has 25 heavy (non-hydrogen) atoms. The van der Waals surface area contributed by atoms with E-state index in [9.17, 15) is 4.79 Å². The fourth-order valence-electron chi connectivity index (χ4n) is 2.21. The summed E-state index contributed by atoms with van der Waals surface area (Å²) in [5.41, 5.74) is 1.13. The van der Waals surface area contributed by atoms with E-state index in [1.165, 1.54) is 6.07 Å². The Balaban J connectivity index is 2.33. The van der Waals surface area contributed by atoms with E-state index in [2.05, 4.69) is 10.3 Å². The summed E-state index contributed by atoms with van der Waals surface area (Å²) in [6.07, 6.45) is 0. The number of amides is 1. The van der Waals surface area contributed by atoms with Gasteiger partial charge in [-0.3, -0.25) is 4.79 Å². The van der Waals surface area contributed by atoms with Crippen LogP contribution in [0.15, 0.2) is 36.4 Å². The summed E-state index contributed by atoms with van der Waals surface area (Å²) < 4.78 is 16.1. The normalized spacial score (nSPS) is 9.84. The van der Waals surface area contributed by atoms with Crippen molar-refractivity contribution in [2.24, 2.45) is 0 Å². The van der Waals surface area contributed by atoms with Gasteiger partial charge in [-0.1, -0.05) is 0 Å². The molecule has 1 N–H and O–H groups in total. The number of nitrogens with zero attached hydrogens (tertiary/aromatic N) is 2. The first-order valence-corrected chi connectivity index (χ1v) is 7.87. The molecule has 2 rings (SSSR count). The van der Waals surface area contributed by atoms with Gasteiger partial charge < -0.3 is 19.5 Å². The Kier molecular flexibility index (Phi) is 6.18. The van der Waals surface area contributed by atoms with Gasteiger partial charge in [-0.15, -0.1) is 0 Å². The van der Waals surface area contributed by atoms with Crippen LogP contribution in [0.4, 0.5) is 11.4 Å². The lowest BCUT2D eigenvalue weighted by atomic mass is 10.2. The lowest BCUT2D eigenvalue weighted by molar-refractivity contribution is 0.102. The summed E-state index contributed by atoms with van der Waals surface area (Å²) in [6.45, 7) is 4.42. The van der Waals surface area contributed by atoms with Crippen LogP contribution in [-0.4, -0.2) is 26.2 Å². The van der Waals surface area contributed by atoms with Crippen LogP contribution in [0.3, 0.4) is 0 Å². The number of ether oxygens (including phenoxy) is 3. The van der Waals surface area contributed by atoms with E-state index in [1.54, 1.807) is 37.4 Å². The van der Waals surface area contributed by atoms with Gasteiger partial charge in [0.05, 0.1) is 32.1 Å². The Morgan fingerprint density at radius 1 is 1.08 bits per heavy atom. The van der Waals surface area contributed by atoms with Crippen molar-refractivity contribution in [3.63, 3.8) is 0 Å². The zero-order valence-corrected chi connectivity index (χ0v) is 14.4. The summed E-state index contributed by atoms with van der Waals surface area (Å²) >= 11 is 0. The minimum Gasteiger partial charge on any atom is -0.497 e. The predicted octanol–water partition coefficient (Wildman–Crippen LogP) is 4.23. The molecule has 0 heterocycles. The van der Waals surface area contributed by atoms with Gasteiger partial charge in [0.1, 0.15) is 5.75 Å². The summed E-state index contributed by atoms with van der Waals surface area (Å²) in [7, 11) is 1.56. The summed E-state index contributed by atoms with van der Waals surface area (Å²) in [4.78, 5) is 15.7. The van der Waals surface area contributed by atoms with E-state index in [-0.39, 0.29) is 11.6 Å². The van der Waals surface area contributed by atoms with E-state index in [4.69, 9.17) is 19.6 Å². The Hall–Kier alpha value is -3.27. The highest BCUT2D eigenvalue weighted by atomic mass is 16.5. The van der Waals surface area contributed by atoms with Gasteiger partial charge in [-0.25, -0.2) is 0 Å². The van der Waals surface area contributed by atoms with E-state index < -0.39 is 0 Å². The minimum absolute atomic E-state index is 0.229. The average molecular weight is 342 g/mol. The number of anilines is 1. The number of benzene rings is 2. The fourth-order valence-corrected chi connectivity index (χ4v) is 2.21. The van der Waals surface area contributed by atoms with Crippen molar-refractivity contribution in [1.29, 1.82) is 5.39 Å². The molecule has 1 amide bonds. The molecule has 130 valence electrons. The zero-order valence-electron chi connectivity index (χ0n) is 14.4. The number of diazo groups is 1. The summed E-state index contributed by atoms with van der Waals surface area (Å²) in [5.74, 6) is 1.10. The summed E-state index contributed by atoms with van der Waals surface area (Å²) in [5, 5.41) is 11.9. The van der Waals surface area contributed by atoms with Crippen molar-refractivity contribution < 1.29 is 19.0 Å². The van der Waals surface area contributed by atoms with Crippen molar-refractivity contribution in [1.82, 2.24) is 0 Å². The van der Waals surface area contributed by atoms with Gasteiger partial charge in [0, 0.05) is 11.6 Å². The molecule has 0 radical (unpaired) electrons. The number of rotatable bonds is 7. The maximum absolute atomic E-state index is 12.5. The molecule has 0 aliphatic rings. The molecule has 2 aromatic rings. The zero-order chi connectivity index (χ0) is 18.2. The topological polar surface area (TPSA) is 84.9 Å². The Bertz CT molecular complexity index is 782. The number of carbonyl (C=O) groups is 1. The molecule has 0 saturated carbocycles. The van der Waals surface area contributed by atoms with Crippen LogP contribution in [0, 0.1) is 5.39 Å². The van der Waals surface area contributed by atoms with Crippen molar-refractivity contribution in [3.8, 4) is 17.2 Å². The second kappa shape index (κ2) is 8.55. The van der Waals surface area contributed by atoms with Crippen molar-refractivity contribution in [3.05, 3.63) is 46.9 Å². The fraction of sp³-hybridized carbons (Fsp3) is 0.278. The average Bonchev–Trinajstić information content (AvgIpc) is 2.64. The highest BCUT2D eigenvalue weighted by molar-refractivity contribution is 6.05. The minimum atomic E-state index is -0.306. The smallest absolute Gasteiger partial charge is 0.430 e. The molecule has 0 aliphatic carbocycles. The third kappa shape index (κ3) is 4.38. The van der Waals surface area contributed by atoms with Crippen LogP contribution < -0.4 is 19.5 Å². The van der Waals surface area contributed by atoms with Crippen molar-refractivity contribution in [2.45, 2.75) is 13.8 Å². The molecule has 2 aromatic carbocycles. The van der Waals surface area contributed by atoms with Crippen LogP contribution in [0.5, 0.6) is 17.2 Å². The van der Waals surface area contributed by atoms with Crippen LogP contribution in [0.25, 0.3) is 4.98 Å². The van der Waals surface area contributed by atoms with Crippen molar-refractivity contribution >= 4 is 17.3 Å². The Labute approximate surface area is 146 Å². The maximum atomic E-state index is 12.5. The van der Waals surface area contributed by atoms with E-state index in [1.807, 2.05) is 13.8 Å². The summed E-state index contributed by atoms with van der Waals surface area (Å²) in [6, 6.07) is 9.82. The molecule has 0 aromatic heterocycles. The third-order valence-electron chi connectivity index (χ3n) is 3.37. The number of hydrogen-bond donors (Lipinski definition) is 1. The molecule has 7 nitrogen and oxygen atoms in total. The maximum Gasteiger partial charge on any atom is 0.430 e. The Morgan fingerprint density at radius 2 is 1.72 bits per heavy atom. The molecule has 7 heteroatoms. The van der Waals surface area contributed by atoms with Gasteiger partial charge in [-0.2, -0.15) is 0 Å². The van der Waals surface area contributed by atoms with Crippen LogP contribution in [0.2, 0.25) is 0 Å². The second-order valence-corrected chi connectivity index (χ2v) is 4.96. The van der Waals surface area contributed by atoms with Gasteiger partial charge >= 0.3 is 5.69 Å². The molecular weight excluding hydrogens is 322 g/mol. The standard InChI is InChI=1S/C18H19N3O4/c1-4-24-16-11-15(21-19)17(25-5-2)10-14(16)20-18(22)12-6-8-13(23-3)9-7-12/h6-11H,4-5H2,1-3H3/p+1. The van der Waals surface area contributed by atoms with E-state index in [0.717, 1.165) is 0 Å². The van der Waals surface area contributed by atoms with Gasteiger partial charge in [-0.05, 0) is 38.1 Å². The van der Waals surface area contributed by atoms with Gasteiger partial charge in [0.2, 0.25) is 11.1 Å². The highest BCUT2D eigenvalue weighted by Crippen LogP contribution is 2.38. The number of methoxy groups -OCH3 is 1. The first-order chi connectivity index (χ1) is 12.1. The molecule has 0 fully saturated rings. The van der Waals surface area contributed by atoms with E-state index >= 15 is 0 Å². The Morgan fingerprint density at radius 3 is 2.28 bits per heavy atom. The predicted molar refractivity (Wildman–Crippen MR) is 94.5 cm³/mol. The molecule has 0 aliphatic heterocycles. The van der Waals surface area contributed by atoms with Crippen LogP contribution in [-0.2, 0) is 0 Å². The number of carbonyl (C=O) groups excluding carboxylic acids is 1. The molecule has 0 spiro atoms. The second-order valence-electron chi connectivity index (χ2n) is 4.96. The number of hydrogen-bond acceptors (Lipinski definition) is 5. The van der Waals surface area contributed by atoms with Crippen LogP contribution >= 0.6 is 0 Å². The van der Waals surface area contributed by atoms with Crippen LogP contribution in [0.1, 0.15) is 24.2 Å². The van der Waals surface area contributed by atoms with E-state index in [0.29, 0.717) is 41.7 Å². The first-order valence-electron chi connectivity index (χ1n) is 7.87. The van der Waals surface area contributed by atoms with Gasteiger partial charge in [0.15, 0.2) is 10.7 Å². The SMILES string of the molecule is CCOc1cc(NC(=O)c2ccc(OC)cc2)c(OCC)cc1[N+]#N. The monoisotopic (exact) mass is 342 g/mol. The van der Waals surface area contributed by atoms with Gasteiger partial charge in [0.25, 0.3) is 5.91 Å². The molecule has 0 unspecified atom stereocenters. The first kappa shape index (κ1) is 18.1. The molecular formula is C18H20N3O4+. The third-order valence-corrected chi connectivity index (χ3v) is 3.37. The largest absolute Gasteiger partial charge is 0.497 e. The molecule has 0 saturated heterocycles. The highest BCUT2D eigenvalue weighted by Gasteiger charge is 2.22. The molecule has 0 bridgehead atoms. The quantitative estimate of drug-likeness (QED) is 0.761. The lowest BCUT2D eigenvalue weighted by Crippen LogP contribution is -2.13. The lowest BCUT2D eigenvalue weighted by Gasteiger charge is -2.12. The molecule has 0 atom stereocenters.